The number of aliphatic carboxylic acids is 1. The van der Waals surface area contributed by atoms with E-state index in [-0.39, 0.29) is 26.9 Å². The van der Waals surface area contributed by atoms with Crippen molar-refractivity contribution in [3.63, 3.8) is 0 Å². The molecular weight excluding hydrogens is 357 g/mol. The molecule has 0 heterocycles. The van der Waals surface area contributed by atoms with Crippen molar-refractivity contribution in [3.8, 4) is 0 Å². The lowest BCUT2D eigenvalue weighted by molar-refractivity contribution is -0.133. The maximum atomic E-state index is 11.9. The van der Waals surface area contributed by atoms with Crippen molar-refractivity contribution in [2.24, 2.45) is 0 Å². The standard InChI is InChI=1S/C12H10BrCl2NO3/c1-5(6(2)12(18)19)11(17)16-10-8(14)3-7(13)4-9(10)15/h3-4H,1-2H3,(H,16,17)(H,18,19). The zero-order chi connectivity index (χ0) is 14.7. The van der Waals surface area contributed by atoms with Crippen molar-refractivity contribution < 1.29 is 14.7 Å². The molecule has 0 fully saturated rings. The van der Waals surface area contributed by atoms with Crippen molar-refractivity contribution in [1.29, 1.82) is 0 Å². The third-order valence-electron chi connectivity index (χ3n) is 2.47. The van der Waals surface area contributed by atoms with Gasteiger partial charge in [-0.1, -0.05) is 39.1 Å². The van der Waals surface area contributed by atoms with Crippen LogP contribution < -0.4 is 5.32 Å². The monoisotopic (exact) mass is 365 g/mol. The van der Waals surface area contributed by atoms with E-state index in [0.29, 0.717) is 4.47 Å². The topological polar surface area (TPSA) is 66.4 Å². The molecule has 0 atom stereocenters. The third-order valence-corrected chi connectivity index (χ3v) is 3.52. The van der Waals surface area contributed by atoms with Gasteiger partial charge in [-0.25, -0.2) is 4.79 Å². The van der Waals surface area contributed by atoms with Gasteiger partial charge in [0.15, 0.2) is 0 Å². The van der Waals surface area contributed by atoms with E-state index in [1.165, 1.54) is 13.8 Å². The number of amides is 1. The van der Waals surface area contributed by atoms with Gasteiger partial charge in [-0.3, -0.25) is 4.79 Å². The summed E-state index contributed by atoms with van der Waals surface area (Å²) in [5.41, 5.74) is 0.290. The molecule has 7 heteroatoms. The van der Waals surface area contributed by atoms with Gasteiger partial charge in [0.25, 0.3) is 5.91 Å². The van der Waals surface area contributed by atoms with E-state index in [0.717, 1.165) is 0 Å². The third kappa shape index (κ3) is 3.96. The van der Waals surface area contributed by atoms with Crippen LogP contribution in [0.5, 0.6) is 0 Å². The Morgan fingerprint density at radius 3 is 2.05 bits per heavy atom. The fraction of sp³-hybridized carbons (Fsp3) is 0.167. The molecular formula is C12H10BrCl2NO3. The molecule has 1 rings (SSSR count). The van der Waals surface area contributed by atoms with Crippen molar-refractivity contribution >= 4 is 56.7 Å². The molecule has 1 aromatic rings. The summed E-state index contributed by atoms with van der Waals surface area (Å²) in [4.78, 5) is 22.7. The molecule has 0 aromatic heterocycles. The number of rotatable bonds is 3. The Hall–Kier alpha value is -1.04. The molecule has 0 saturated heterocycles. The summed E-state index contributed by atoms with van der Waals surface area (Å²) in [5, 5.41) is 11.8. The molecule has 0 bridgehead atoms. The Morgan fingerprint density at radius 2 is 1.63 bits per heavy atom. The average molecular weight is 367 g/mol. The van der Waals surface area contributed by atoms with Crippen LogP contribution in [0.2, 0.25) is 10.0 Å². The predicted molar refractivity (Wildman–Crippen MR) is 78.8 cm³/mol. The van der Waals surface area contributed by atoms with E-state index in [4.69, 9.17) is 28.3 Å². The highest BCUT2D eigenvalue weighted by Gasteiger charge is 2.16. The lowest BCUT2D eigenvalue weighted by atomic mass is 10.1. The summed E-state index contributed by atoms with van der Waals surface area (Å²) in [5.74, 6) is -1.72. The second kappa shape index (κ2) is 6.41. The van der Waals surface area contributed by atoms with Crippen LogP contribution in [0.1, 0.15) is 13.8 Å². The predicted octanol–water partition coefficient (Wildman–Crippen LogP) is 4.12. The smallest absolute Gasteiger partial charge is 0.331 e. The molecule has 4 nitrogen and oxygen atoms in total. The Balaban J connectivity index is 3.08. The number of carboxylic acid groups (broad SMARTS) is 1. The van der Waals surface area contributed by atoms with Crippen LogP contribution in [0.25, 0.3) is 0 Å². The number of halogens is 3. The highest BCUT2D eigenvalue weighted by molar-refractivity contribution is 9.10. The molecule has 0 spiro atoms. The summed E-state index contributed by atoms with van der Waals surface area (Å²) < 4.78 is 0.675. The van der Waals surface area contributed by atoms with Crippen molar-refractivity contribution in [1.82, 2.24) is 0 Å². The van der Waals surface area contributed by atoms with Gasteiger partial charge in [0.1, 0.15) is 0 Å². The first-order valence-electron chi connectivity index (χ1n) is 5.10. The number of benzene rings is 1. The number of carboxylic acids is 1. The van der Waals surface area contributed by atoms with Gasteiger partial charge >= 0.3 is 5.97 Å². The van der Waals surface area contributed by atoms with E-state index in [1.54, 1.807) is 12.1 Å². The van der Waals surface area contributed by atoms with Crippen LogP contribution in [0.15, 0.2) is 27.8 Å². The van der Waals surface area contributed by atoms with Gasteiger partial charge in [0, 0.05) is 15.6 Å². The van der Waals surface area contributed by atoms with Gasteiger partial charge in [0.2, 0.25) is 0 Å². The molecule has 0 saturated carbocycles. The number of anilines is 1. The molecule has 1 aromatic carbocycles. The normalized spacial score (nSPS) is 11.8. The van der Waals surface area contributed by atoms with Gasteiger partial charge < -0.3 is 10.4 Å². The van der Waals surface area contributed by atoms with Gasteiger partial charge in [-0.05, 0) is 26.0 Å². The minimum atomic E-state index is -1.15. The van der Waals surface area contributed by atoms with E-state index in [2.05, 4.69) is 21.2 Å². The fourth-order valence-electron chi connectivity index (χ4n) is 1.20. The van der Waals surface area contributed by atoms with E-state index >= 15 is 0 Å². The lowest BCUT2D eigenvalue weighted by Crippen LogP contribution is -2.16. The van der Waals surface area contributed by atoms with Gasteiger partial charge in [-0.2, -0.15) is 0 Å². The minimum Gasteiger partial charge on any atom is -0.478 e. The minimum absolute atomic E-state index is 0.0399. The fourth-order valence-corrected chi connectivity index (χ4v) is 2.50. The number of carbonyl (C=O) groups excluding carboxylic acids is 1. The molecule has 0 radical (unpaired) electrons. The summed E-state index contributed by atoms with van der Waals surface area (Å²) in [6, 6.07) is 3.15. The Labute approximate surface area is 128 Å². The second-order valence-electron chi connectivity index (χ2n) is 3.75. The molecule has 102 valence electrons. The van der Waals surface area contributed by atoms with E-state index in [9.17, 15) is 9.59 Å². The molecule has 1 amide bonds. The number of carbonyl (C=O) groups is 2. The Bertz CT molecular complexity index is 561. The van der Waals surface area contributed by atoms with Crippen LogP contribution in [0, 0.1) is 0 Å². The largest absolute Gasteiger partial charge is 0.478 e. The highest BCUT2D eigenvalue weighted by Crippen LogP contribution is 2.34. The van der Waals surface area contributed by atoms with Crippen LogP contribution in [0.4, 0.5) is 5.69 Å². The first-order chi connectivity index (χ1) is 8.73. The van der Waals surface area contributed by atoms with E-state index in [1.807, 2.05) is 0 Å². The van der Waals surface area contributed by atoms with Gasteiger partial charge in [-0.15, -0.1) is 0 Å². The zero-order valence-corrected chi connectivity index (χ0v) is 13.2. The van der Waals surface area contributed by atoms with Crippen LogP contribution in [-0.4, -0.2) is 17.0 Å². The second-order valence-corrected chi connectivity index (χ2v) is 5.48. The number of hydrogen-bond acceptors (Lipinski definition) is 2. The van der Waals surface area contributed by atoms with Gasteiger partial charge in [0.05, 0.1) is 15.7 Å². The maximum Gasteiger partial charge on any atom is 0.331 e. The van der Waals surface area contributed by atoms with Crippen molar-refractivity contribution in [3.05, 3.63) is 37.8 Å². The van der Waals surface area contributed by atoms with Crippen LogP contribution in [0.3, 0.4) is 0 Å². The van der Waals surface area contributed by atoms with E-state index < -0.39 is 11.9 Å². The zero-order valence-electron chi connectivity index (χ0n) is 10.1. The molecule has 0 unspecified atom stereocenters. The highest BCUT2D eigenvalue weighted by atomic mass is 79.9. The lowest BCUT2D eigenvalue weighted by Gasteiger charge is -2.11. The summed E-state index contributed by atoms with van der Waals surface area (Å²) in [6.07, 6.45) is 0. The molecule has 2 N–H and O–H groups in total. The average Bonchev–Trinajstić information content (AvgIpc) is 2.31. The molecule has 0 aliphatic heterocycles. The first kappa shape index (κ1) is 16.0. The number of nitrogens with one attached hydrogen (secondary N) is 1. The number of hydrogen-bond donors (Lipinski definition) is 2. The molecule has 19 heavy (non-hydrogen) atoms. The SMILES string of the molecule is CC(C(=O)O)=C(C)C(=O)Nc1c(Cl)cc(Br)cc1Cl. The quantitative estimate of drug-likeness (QED) is 0.791. The molecule has 0 aliphatic rings. The van der Waals surface area contributed by atoms with Crippen molar-refractivity contribution in [2.75, 3.05) is 5.32 Å². The van der Waals surface area contributed by atoms with Crippen LogP contribution in [-0.2, 0) is 9.59 Å². The summed E-state index contributed by atoms with van der Waals surface area (Å²) in [6.45, 7) is 2.77. The van der Waals surface area contributed by atoms with Crippen LogP contribution >= 0.6 is 39.1 Å². The maximum absolute atomic E-state index is 11.9. The molecule has 0 aliphatic carbocycles. The van der Waals surface area contributed by atoms with Crippen molar-refractivity contribution in [2.45, 2.75) is 13.8 Å². The first-order valence-corrected chi connectivity index (χ1v) is 6.65. The Morgan fingerprint density at radius 1 is 1.16 bits per heavy atom. The Kier molecular flexibility index (Phi) is 5.40. The summed E-state index contributed by atoms with van der Waals surface area (Å²) >= 11 is 15.1. The summed E-state index contributed by atoms with van der Waals surface area (Å²) in [7, 11) is 0.